The summed E-state index contributed by atoms with van der Waals surface area (Å²) in [7, 11) is 0. The predicted octanol–water partition coefficient (Wildman–Crippen LogP) is 12.2. The van der Waals surface area contributed by atoms with Crippen molar-refractivity contribution >= 4 is 56.9 Å². The molecule has 0 aliphatic carbocycles. The van der Waals surface area contributed by atoms with E-state index in [-0.39, 0.29) is 30.0 Å². The fraction of sp³-hybridized carbons (Fsp3) is 0.0862. The van der Waals surface area contributed by atoms with Crippen LogP contribution in [0.15, 0.2) is 216 Å². The van der Waals surface area contributed by atoms with Gasteiger partial charge in [0.15, 0.2) is 0 Å². The average molecular weight is 953 g/mol. The number of rotatable bonds is 21. The van der Waals surface area contributed by atoms with Crippen molar-refractivity contribution < 1.29 is 33.6 Å². The van der Waals surface area contributed by atoms with Gasteiger partial charge in [-0.15, -0.1) is 0 Å². The molecule has 354 valence electrons. The summed E-state index contributed by atoms with van der Waals surface area (Å²) in [6.45, 7) is 1.93. The molecular weight excluding hydrogens is 909 g/mol. The number of azo groups is 1. The molecule has 14 nitrogen and oxygen atoms in total. The van der Waals surface area contributed by atoms with Crippen LogP contribution in [-0.4, -0.2) is 63.9 Å². The first-order valence-corrected chi connectivity index (χ1v) is 23.0. The molecule has 0 bridgehead atoms. The first-order valence-electron chi connectivity index (χ1n) is 23.0. The fourth-order valence-electron chi connectivity index (χ4n) is 7.93. The number of anilines is 1. The van der Waals surface area contributed by atoms with Gasteiger partial charge in [-0.25, -0.2) is 4.98 Å². The molecule has 9 aromatic rings. The molecule has 0 atom stereocenters. The molecule has 9 rings (SSSR count). The van der Waals surface area contributed by atoms with E-state index in [2.05, 4.69) is 15.1 Å². The number of nitro groups is 1. The Bertz CT molecular complexity index is 3290. The Morgan fingerprint density at radius 3 is 1.44 bits per heavy atom. The highest BCUT2D eigenvalue weighted by molar-refractivity contribution is 6.49. The van der Waals surface area contributed by atoms with Crippen molar-refractivity contribution in [3.63, 3.8) is 0 Å². The summed E-state index contributed by atoms with van der Waals surface area (Å²) in [4.78, 5) is 69.3. The van der Waals surface area contributed by atoms with Gasteiger partial charge in [-0.1, -0.05) is 91.0 Å². The number of carbonyl (C=O) groups is 4. The fourth-order valence-corrected chi connectivity index (χ4v) is 7.93. The van der Waals surface area contributed by atoms with E-state index in [1.165, 1.54) is 12.1 Å². The van der Waals surface area contributed by atoms with Crippen molar-refractivity contribution in [2.45, 2.75) is 6.54 Å². The van der Waals surface area contributed by atoms with Gasteiger partial charge in [-0.2, -0.15) is 10.2 Å². The summed E-state index contributed by atoms with van der Waals surface area (Å²) in [5.41, 5.74) is 6.40. The number of Topliss-reactive ketones (excluding diaryl/α,β-unsaturated/α-hetero) is 4. The molecule has 0 radical (unpaired) electrons. The first kappa shape index (κ1) is 47.4. The molecule has 8 aromatic carbocycles. The van der Waals surface area contributed by atoms with Crippen LogP contribution in [-0.2, 0) is 6.54 Å². The summed E-state index contributed by atoms with van der Waals surface area (Å²) in [5, 5.41) is 20.5. The maximum atomic E-state index is 12.9. The number of ether oxygens (including phenoxy) is 2. The lowest BCUT2D eigenvalue weighted by Gasteiger charge is -2.25. The number of carbonyl (C=O) groups excluding carboxylic acids is 4. The minimum absolute atomic E-state index is 0.0275. The van der Waals surface area contributed by atoms with Gasteiger partial charge in [0.1, 0.15) is 30.5 Å². The molecule has 0 spiro atoms. The molecule has 0 saturated heterocycles. The summed E-state index contributed by atoms with van der Waals surface area (Å²) in [6, 6.07) is 59.5. The van der Waals surface area contributed by atoms with Crippen molar-refractivity contribution in [3.05, 3.63) is 244 Å². The van der Waals surface area contributed by atoms with Crippen molar-refractivity contribution in [2.24, 2.45) is 10.2 Å². The molecule has 0 aliphatic rings. The van der Waals surface area contributed by atoms with E-state index >= 15 is 0 Å². The summed E-state index contributed by atoms with van der Waals surface area (Å²) >= 11 is 0. The number of hydrogen-bond donors (Lipinski definition) is 0. The molecule has 1 aromatic heterocycles. The van der Waals surface area contributed by atoms with Gasteiger partial charge in [0, 0.05) is 52.2 Å². The molecule has 0 N–H and O–H groups in total. The van der Waals surface area contributed by atoms with Gasteiger partial charge in [0.05, 0.1) is 40.4 Å². The van der Waals surface area contributed by atoms with E-state index in [4.69, 9.17) is 14.5 Å². The van der Waals surface area contributed by atoms with Gasteiger partial charge >= 0.3 is 0 Å². The zero-order valence-corrected chi connectivity index (χ0v) is 38.6. The summed E-state index contributed by atoms with van der Waals surface area (Å²) in [6.07, 6.45) is 0. The van der Waals surface area contributed by atoms with E-state index in [0.717, 1.165) is 22.3 Å². The molecular formula is C58H44N6O8. The highest BCUT2D eigenvalue weighted by atomic mass is 16.6. The largest absolute Gasteiger partial charge is 0.492 e. The standard InChI is InChI=1S/C58H44N6O8/c65-54(41-12-6-2-7-13-41)56(67)43-18-29-50(30-19-43)71-36-34-62(35-37-72-51-31-20-44(21-32-51)57(68)55(66)42-14-8-3-9-15-42)48-26-24-47(25-27-48)61-60-46-22-16-45(17-23-46)58-59-52-38-49(64(69)70)28-33-53(52)63(58)39-40-10-4-1-5-11-40/h1-33,38H,34-37,39H2. The SMILES string of the molecule is O=C(C(=O)c1ccc(OCCN(CCOc2ccc(C(=O)C(=O)c3ccccc3)cc2)c2ccc(N=Nc3ccc(-c4nc5cc([N+](=O)[O-])ccc5n4Cc4ccccc4)cc3)cc2)cc1)c1ccccc1. The topological polar surface area (TPSA) is 176 Å². The zero-order chi connectivity index (χ0) is 49.8. The second kappa shape index (κ2) is 22.2. The molecule has 0 fully saturated rings. The third-order valence-electron chi connectivity index (χ3n) is 11.7. The highest BCUT2D eigenvalue weighted by Gasteiger charge is 2.20. The minimum atomic E-state index is -0.604. The maximum absolute atomic E-state index is 12.9. The van der Waals surface area contributed by atoms with E-state index < -0.39 is 28.1 Å². The third-order valence-corrected chi connectivity index (χ3v) is 11.7. The van der Waals surface area contributed by atoms with Crippen molar-refractivity contribution in [1.82, 2.24) is 9.55 Å². The second-order valence-corrected chi connectivity index (χ2v) is 16.5. The van der Waals surface area contributed by atoms with Gasteiger partial charge in [0.2, 0.25) is 23.1 Å². The van der Waals surface area contributed by atoms with Crippen molar-refractivity contribution in [3.8, 4) is 22.9 Å². The average Bonchev–Trinajstić information content (AvgIpc) is 3.79. The van der Waals surface area contributed by atoms with Crippen LogP contribution in [0, 0.1) is 10.1 Å². The predicted molar refractivity (Wildman–Crippen MR) is 274 cm³/mol. The monoisotopic (exact) mass is 952 g/mol. The zero-order valence-electron chi connectivity index (χ0n) is 38.6. The van der Waals surface area contributed by atoms with Crippen LogP contribution < -0.4 is 14.4 Å². The second-order valence-electron chi connectivity index (χ2n) is 16.5. The maximum Gasteiger partial charge on any atom is 0.271 e. The van der Waals surface area contributed by atoms with E-state index in [9.17, 15) is 29.3 Å². The van der Waals surface area contributed by atoms with Crippen molar-refractivity contribution in [2.75, 3.05) is 31.2 Å². The van der Waals surface area contributed by atoms with Crippen LogP contribution in [0.1, 0.15) is 47.0 Å². The first-order chi connectivity index (χ1) is 35.2. The smallest absolute Gasteiger partial charge is 0.271 e. The highest BCUT2D eigenvalue weighted by Crippen LogP contribution is 2.31. The quantitative estimate of drug-likeness (QED) is 0.0221. The van der Waals surface area contributed by atoms with Crippen molar-refractivity contribution in [1.29, 1.82) is 0 Å². The Balaban J connectivity index is 0.869. The number of hydrogen-bond acceptors (Lipinski definition) is 12. The van der Waals surface area contributed by atoms with Crippen LogP contribution in [0.25, 0.3) is 22.4 Å². The number of non-ortho nitro benzene ring substituents is 1. The normalized spacial score (nSPS) is 11.1. The minimum Gasteiger partial charge on any atom is -0.492 e. The van der Waals surface area contributed by atoms with Crippen LogP contribution in [0.2, 0.25) is 0 Å². The molecule has 0 amide bonds. The molecule has 72 heavy (non-hydrogen) atoms. The third kappa shape index (κ3) is 11.4. The van der Waals surface area contributed by atoms with E-state index in [1.807, 2.05) is 83.4 Å². The van der Waals surface area contributed by atoms with Crippen LogP contribution in [0.4, 0.5) is 22.7 Å². The van der Waals surface area contributed by atoms with Crippen LogP contribution >= 0.6 is 0 Å². The van der Waals surface area contributed by atoms with Crippen LogP contribution in [0.5, 0.6) is 11.5 Å². The van der Waals surface area contributed by atoms with Gasteiger partial charge in [0.25, 0.3) is 5.69 Å². The number of nitrogens with zero attached hydrogens (tertiary/aromatic N) is 6. The summed E-state index contributed by atoms with van der Waals surface area (Å²) in [5.74, 6) is -0.665. The molecule has 14 heteroatoms. The Morgan fingerprint density at radius 1 is 0.528 bits per heavy atom. The lowest BCUT2D eigenvalue weighted by atomic mass is 10.0. The number of nitro benzene ring substituents is 1. The number of aromatic nitrogens is 2. The van der Waals surface area contributed by atoms with Crippen LogP contribution in [0.3, 0.4) is 0 Å². The van der Waals surface area contributed by atoms with E-state index in [0.29, 0.717) is 65.0 Å². The lowest BCUT2D eigenvalue weighted by Crippen LogP contribution is -2.32. The number of ketones is 4. The number of benzene rings is 8. The number of imidazole rings is 1. The Morgan fingerprint density at radius 2 is 0.972 bits per heavy atom. The van der Waals surface area contributed by atoms with Gasteiger partial charge < -0.3 is 18.9 Å². The van der Waals surface area contributed by atoms with Gasteiger partial charge in [-0.05, 0) is 109 Å². The molecule has 0 saturated carbocycles. The van der Waals surface area contributed by atoms with Gasteiger partial charge in [-0.3, -0.25) is 29.3 Å². The van der Waals surface area contributed by atoms with E-state index in [1.54, 1.807) is 115 Å². The number of fused-ring (bicyclic) bond motifs is 1. The summed E-state index contributed by atoms with van der Waals surface area (Å²) < 4.78 is 14.2. The molecule has 0 aliphatic heterocycles. The Kier molecular flexibility index (Phi) is 14.6. The Labute approximate surface area is 413 Å². The lowest BCUT2D eigenvalue weighted by molar-refractivity contribution is -0.384. The molecule has 1 heterocycles. The molecule has 0 unspecified atom stereocenters. The Hall–Kier alpha value is -9.69.